The number of carboxylic acid groups (broad SMARTS) is 1. The average Bonchev–Trinajstić information content (AvgIpc) is 2.25. The van der Waals surface area contributed by atoms with Gasteiger partial charge in [-0.3, -0.25) is 4.79 Å². The maximum absolute atomic E-state index is 11.9. The van der Waals surface area contributed by atoms with Crippen LogP contribution in [-0.2, 0) is 4.79 Å². The molecule has 4 aliphatic rings. The predicted octanol–water partition coefficient (Wildman–Crippen LogP) is 2.89. The lowest BCUT2D eigenvalue weighted by molar-refractivity contribution is -0.156. The molecule has 4 aliphatic carbocycles. The van der Waals surface area contributed by atoms with Crippen LogP contribution in [0.25, 0.3) is 0 Å². The van der Waals surface area contributed by atoms with Crippen molar-refractivity contribution in [3.8, 4) is 0 Å². The van der Waals surface area contributed by atoms with Crippen molar-refractivity contribution >= 4 is 5.97 Å². The summed E-state index contributed by atoms with van der Waals surface area (Å²) in [6, 6.07) is 0. The zero-order chi connectivity index (χ0) is 13.8. The van der Waals surface area contributed by atoms with E-state index in [1.54, 1.807) is 0 Å². The molecule has 108 valence electrons. The van der Waals surface area contributed by atoms with Crippen LogP contribution in [0.3, 0.4) is 0 Å². The standard InChI is InChI=1S/C16H27NO2/c1-9(2)8-16(17,15(18)19)14-12-4-10-3-11(6-12)7-13(14)5-10/h9-14H,3-8,17H2,1-2H3,(H,18,19). The highest BCUT2D eigenvalue weighted by atomic mass is 16.4. The van der Waals surface area contributed by atoms with Crippen molar-refractivity contribution in [3.63, 3.8) is 0 Å². The number of hydrogen-bond acceptors (Lipinski definition) is 2. The topological polar surface area (TPSA) is 63.3 Å². The molecular formula is C16H27NO2. The summed E-state index contributed by atoms with van der Waals surface area (Å²) in [5.74, 6) is 2.70. The van der Waals surface area contributed by atoms with E-state index in [9.17, 15) is 9.90 Å². The van der Waals surface area contributed by atoms with Gasteiger partial charge >= 0.3 is 5.97 Å². The molecule has 4 rings (SSSR count). The minimum Gasteiger partial charge on any atom is -0.480 e. The quantitative estimate of drug-likeness (QED) is 0.821. The lowest BCUT2D eigenvalue weighted by Gasteiger charge is -2.58. The molecule has 19 heavy (non-hydrogen) atoms. The fourth-order valence-corrected chi connectivity index (χ4v) is 5.81. The summed E-state index contributed by atoms with van der Waals surface area (Å²) in [6.07, 6.45) is 6.97. The van der Waals surface area contributed by atoms with Crippen LogP contribution < -0.4 is 5.73 Å². The number of carbonyl (C=O) groups is 1. The van der Waals surface area contributed by atoms with Gasteiger partial charge in [-0.15, -0.1) is 0 Å². The summed E-state index contributed by atoms with van der Waals surface area (Å²) < 4.78 is 0. The number of carboxylic acids is 1. The van der Waals surface area contributed by atoms with Crippen LogP contribution in [0.5, 0.6) is 0 Å². The zero-order valence-electron chi connectivity index (χ0n) is 12.1. The minimum absolute atomic E-state index is 0.222. The molecule has 0 spiro atoms. The van der Waals surface area contributed by atoms with E-state index in [1.165, 1.54) is 32.1 Å². The normalized spacial score (nSPS) is 43.5. The lowest BCUT2D eigenvalue weighted by Crippen LogP contribution is -2.63. The summed E-state index contributed by atoms with van der Waals surface area (Å²) in [6.45, 7) is 4.17. The van der Waals surface area contributed by atoms with E-state index in [4.69, 9.17) is 5.73 Å². The summed E-state index contributed by atoms with van der Waals surface area (Å²) in [7, 11) is 0. The molecule has 4 bridgehead atoms. The van der Waals surface area contributed by atoms with Gasteiger partial charge in [0.15, 0.2) is 0 Å². The van der Waals surface area contributed by atoms with Gasteiger partial charge in [0.1, 0.15) is 5.54 Å². The summed E-state index contributed by atoms with van der Waals surface area (Å²) >= 11 is 0. The molecule has 0 aromatic heterocycles. The maximum Gasteiger partial charge on any atom is 0.323 e. The van der Waals surface area contributed by atoms with Gasteiger partial charge in [-0.2, -0.15) is 0 Å². The van der Waals surface area contributed by atoms with E-state index < -0.39 is 11.5 Å². The number of hydrogen-bond donors (Lipinski definition) is 2. The fraction of sp³-hybridized carbons (Fsp3) is 0.938. The first-order valence-corrected chi connectivity index (χ1v) is 7.92. The highest BCUT2D eigenvalue weighted by Gasteiger charge is 2.57. The van der Waals surface area contributed by atoms with Crippen molar-refractivity contribution in [1.82, 2.24) is 0 Å². The van der Waals surface area contributed by atoms with Gasteiger partial charge < -0.3 is 10.8 Å². The molecule has 3 heteroatoms. The summed E-state index contributed by atoms with van der Waals surface area (Å²) in [5, 5.41) is 9.74. The van der Waals surface area contributed by atoms with Crippen molar-refractivity contribution in [1.29, 1.82) is 0 Å². The Morgan fingerprint density at radius 1 is 1.16 bits per heavy atom. The molecular weight excluding hydrogens is 238 g/mol. The number of nitrogens with two attached hydrogens (primary N) is 1. The number of rotatable bonds is 4. The highest BCUT2D eigenvalue weighted by molar-refractivity contribution is 5.79. The van der Waals surface area contributed by atoms with E-state index in [0.717, 1.165) is 11.8 Å². The second kappa shape index (κ2) is 4.47. The molecule has 0 aliphatic heterocycles. The van der Waals surface area contributed by atoms with Crippen molar-refractivity contribution in [3.05, 3.63) is 0 Å². The average molecular weight is 265 g/mol. The lowest BCUT2D eigenvalue weighted by atomic mass is 9.47. The fourth-order valence-electron chi connectivity index (χ4n) is 5.81. The summed E-state index contributed by atoms with van der Waals surface area (Å²) in [4.78, 5) is 11.9. The first kappa shape index (κ1) is 13.4. The Bertz CT molecular complexity index is 351. The van der Waals surface area contributed by atoms with Gasteiger partial charge in [0.25, 0.3) is 0 Å². The molecule has 0 saturated heterocycles. The minimum atomic E-state index is -0.989. The van der Waals surface area contributed by atoms with Crippen LogP contribution in [-0.4, -0.2) is 16.6 Å². The number of aliphatic carboxylic acids is 1. The molecule has 4 fully saturated rings. The van der Waals surface area contributed by atoms with Crippen molar-refractivity contribution in [2.24, 2.45) is 41.2 Å². The second-order valence-corrected chi connectivity index (χ2v) is 7.90. The van der Waals surface area contributed by atoms with Crippen molar-refractivity contribution < 1.29 is 9.90 Å². The highest BCUT2D eigenvalue weighted by Crippen LogP contribution is 2.59. The van der Waals surface area contributed by atoms with E-state index in [2.05, 4.69) is 13.8 Å². The van der Waals surface area contributed by atoms with Gasteiger partial charge in [0.2, 0.25) is 0 Å². The maximum atomic E-state index is 11.9. The smallest absolute Gasteiger partial charge is 0.323 e. The molecule has 0 aromatic rings. The molecule has 3 nitrogen and oxygen atoms in total. The van der Waals surface area contributed by atoms with Gasteiger partial charge in [-0.05, 0) is 74.0 Å². The molecule has 1 unspecified atom stereocenters. The van der Waals surface area contributed by atoms with E-state index >= 15 is 0 Å². The van der Waals surface area contributed by atoms with Gasteiger partial charge in [0.05, 0.1) is 0 Å². The molecule has 4 saturated carbocycles. The van der Waals surface area contributed by atoms with Crippen LogP contribution in [0.1, 0.15) is 52.4 Å². The SMILES string of the molecule is CC(C)CC(N)(C(=O)O)C1C2CC3CC(C2)CC1C3. The van der Waals surface area contributed by atoms with Crippen LogP contribution in [0, 0.1) is 35.5 Å². The van der Waals surface area contributed by atoms with E-state index in [-0.39, 0.29) is 5.92 Å². The van der Waals surface area contributed by atoms with Crippen LogP contribution >= 0.6 is 0 Å². The first-order chi connectivity index (χ1) is 8.90. The molecule has 0 amide bonds. The van der Waals surface area contributed by atoms with E-state index in [0.29, 0.717) is 24.2 Å². The third-order valence-electron chi connectivity index (χ3n) is 5.97. The summed E-state index contributed by atoms with van der Waals surface area (Å²) in [5.41, 5.74) is 5.48. The van der Waals surface area contributed by atoms with Crippen LogP contribution in [0.2, 0.25) is 0 Å². The van der Waals surface area contributed by atoms with Crippen molar-refractivity contribution in [2.45, 2.75) is 57.9 Å². The van der Waals surface area contributed by atoms with Gasteiger partial charge in [-0.25, -0.2) is 0 Å². The molecule has 0 heterocycles. The Balaban J connectivity index is 1.88. The van der Waals surface area contributed by atoms with Crippen LogP contribution in [0.4, 0.5) is 0 Å². The Hall–Kier alpha value is -0.570. The Kier molecular flexibility index (Phi) is 3.16. The Labute approximate surface area is 115 Å². The third kappa shape index (κ3) is 2.10. The molecule has 3 N–H and O–H groups in total. The van der Waals surface area contributed by atoms with Crippen LogP contribution in [0.15, 0.2) is 0 Å². The molecule has 0 aromatic carbocycles. The monoisotopic (exact) mass is 265 g/mol. The first-order valence-electron chi connectivity index (χ1n) is 7.92. The predicted molar refractivity (Wildman–Crippen MR) is 74.5 cm³/mol. The molecule has 0 radical (unpaired) electrons. The van der Waals surface area contributed by atoms with Gasteiger partial charge in [-0.1, -0.05) is 13.8 Å². The van der Waals surface area contributed by atoms with E-state index in [1.807, 2.05) is 0 Å². The Morgan fingerprint density at radius 3 is 2.00 bits per heavy atom. The third-order valence-corrected chi connectivity index (χ3v) is 5.97. The Morgan fingerprint density at radius 2 is 1.63 bits per heavy atom. The zero-order valence-corrected chi connectivity index (χ0v) is 12.1. The molecule has 1 atom stereocenters. The van der Waals surface area contributed by atoms with Crippen molar-refractivity contribution in [2.75, 3.05) is 0 Å². The second-order valence-electron chi connectivity index (χ2n) is 7.90. The van der Waals surface area contributed by atoms with Gasteiger partial charge in [0, 0.05) is 0 Å². The largest absolute Gasteiger partial charge is 0.480 e.